The number of amides is 1. The molecule has 0 saturated heterocycles. The molecule has 3 atom stereocenters. The summed E-state index contributed by atoms with van der Waals surface area (Å²) in [6, 6.07) is 14.9. The number of carboxylic acid groups (broad SMARTS) is 1. The Labute approximate surface area is 218 Å². The Morgan fingerprint density at radius 2 is 1.89 bits per heavy atom. The Morgan fingerprint density at radius 1 is 1.08 bits per heavy atom. The van der Waals surface area contributed by atoms with Crippen LogP contribution in [0.3, 0.4) is 0 Å². The first-order valence-corrected chi connectivity index (χ1v) is 13.2. The molecule has 7 rings (SSSR count). The van der Waals surface area contributed by atoms with Gasteiger partial charge >= 0.3 is 5.97 Å². The number of carbonyl (C=O) groups excluding carboxylic acids is 1. The van der Waals surface area contributed by atoms with Crippen molar-refractivity contribution >= 4 is 17.5 Å². The van der Waals surface area contributed by atoms with Crippen molar-refractivity contribution in [2.45, 2.75) is 50.5 Å². The van der Waals surface area contributed by atoms with Gasteiger partial charge in [0.2, 0.25) is 0 Å². The van der Waals surface area contributed by atoms with E-state index < -0.39 is 17.7 Å². The number of benzene rings is 2. The van der Waals surface area contributed by atoms with Crippen LogP contribution < -0.4 is 0 Å². The second-order valence-corrected chi connectivity index (χ2v) is 10.8. The molecule has 1 amide bonds. The molecule has 2 aromatic heterocycles. The molecule has 192 valence electrons. The highest BCUT2D eigenvalue weighted by Crippen LogP contribution is 2.48. The van der Waals surface area contributed by atoms with Gasteiger partial charge in [-0.3, -0.25) is 9.59 Å². The summed E-state index contributed by atoms with van der Waals surface area (Å²) in [5, 5.41) is 13.9. The average Bonchev–Trinajstić information content (AvgIpc) is 3.84. The summed E-state index contributed by atoms with van der Waals surface area (Å²) < 4.78 is 16.8. The second-order valence-electron chi connectivity index (χ2n) is 10.8. The first-order chi connectivity index (χ1) is 18.4. The number of aliphatic carboxylic acids is 1. The molecular formula is C30H27FN4O3. The van der Waals surface area contributed by atoms with E-state index in [4.69, 9.17) is 4.98 Å². The molecule has 3 heterocycles. The highest BCUT2D eigenvalue weighted by Gasteiger charge is 2.44. The molecule has 0 spiro atoms. The van der Waals surface area contributed by atoms with Crippen LogP contribution in [0.5, 0.6) is 0 Å². The second kappa shape index (κ2) is 8.48. The minimum absolute atomic E-state index is 0.0486. The third-order valence-electron chi connectivity index (χ3n) is 8.35. The minimum Gasteiger partial charge on any atom is -0.481 e. The number of rotatable bonds is 5. The molecule has 7 nitrogen and oxygen atoms in total. The van der Waals surface area contributed by atoms with Gasteiger partial charge in [-0.25, -0.2) is 13.9 Å². The molecule has 2 aromatic carbocycles. The number of carbonyl (C=O) groups is 2. The van der Waals surface area contributed by atoms with Crippen LogP contribution in [0.4, 0.5) is 4.39 Å². The fourth-order valence-electron chi connectivity index (χ4n) is 5.93. The topological polar surface area (TPSA) is 87.8 Å². The van der Waals surface area contributed by atoms with E-state index in [1.54, 1.807) is 22.8 Å². The van der Waals surface area contributed by atoms with Gasteiger partial charge in [0.25, 0.3) is 5.91 Å². The number of carboxylic acids is 1. The van der Waals surface area contributed by atoms with E-state index in [1.165, 1.54) is 17.2 Å². The Bertz CT molecular complexity index is 1630. The molecule has 2 saturated carbocycles. The van der Waals surface area contributed by atoms with Gasteiger partial charge in [0.05, 0.1) is 23.9 Å². The molecule has 38 heavy (non-hydrogen) atoms. The first-order valence-electron chi connectivity index (χ1n) is 13.2. The largest absolute Gasteiger partial charge is 0.481 e. The summed E-state index contributed by atoms with van der Waals surface area (Å²) in [5.41, 5.74) is 5.91. The van der Waals surface area contributed by atoms with Gasteiger partial charge < -0.3 is 10.0 Å². The molecule has 0 radical (unpaired) electrons. The lowest BCUT2D eigenvalue weighted by Gasteiger charge is -2.35. The zero-order valence-electron chi connectivity index (χ0n) is 21.0. The number of aromatic nitrogens is 3. The summed E-state index contributed by atoms with van der Waals surface area (Å²) in [6.07, 6.45) is 5.08. The molecule has 2 aliphatic carbocycles. The average molecular weight is 511 g/mol. The summed E-state index contributed by atoms with van der Waals surface area (Å²) in [7, 11) is 0. The summed E-state index contributed by atoms with van der Waals surface area (Å²) in [4.78, 5) is 31.5. The van der Waals surface area contributed by atoms with Gasteiger partial charge in [-0.1, -0.05) is 30.3 Å². The number of hydrogen-bond acceptors (Lipinski definition) is 4. The number of hydrogen-bond donors (Lipinski definition) is 1. The number of imidazole rings is 1. The van der Waals surface area contributed by atoms with Gasteiger partial charge in [0.1, 0.15) is 11.5 Å². The van der Waals surface area contributed by atoms with Crippen LogP contribution in [0.15, 0.2) is 54.7 Å². The zero-order valence-corrected chi connectivity index (χ0v) is 21.0. The maximum Gasteiger partial charge on any atom is 0.307 e. The highest BCUT2D eigenvalue weighted by atomic mass is 19.1. The van der Waals surface area contributed by atoms with E-state index in [0.29, 0.717) is 47.0 Å². The van der Waals surface area contributed by atoms with Gasteiger partial charge in [0, 0.05) is 17.7 Å². The summed E-state index contributed by atoms with van der Waals surface area (Å²) >= 11 is 0. The molecule has 3 aliphatic rings. The van der Waals surface area contributed by atoms with E-state index in [9.17, 15) is 14.7 Å². The van der Waals surface area contributed by atoms with Crippen molar-refractivity contribution in [1.29, 1.82) is 0 Å². The van der Waals surface area contributed by atoms with Crippen molar-refractivity contribution in [2.24, 2.45) is 5.92 Å². The maximum absolute atomic E-state index is 15.2. The Kier molecular flexibility index (Phi) is 5.15. The smallest absolute Gasteiger partial charge is 0.307 e. The van der Waals surface area contributed by atoms with Crippen LogP contribution in [-0.2, 0) is 11.2 Å². The van der Waals surface area contributed by atoms with Crippen molar-refractivity contribution in [3.63, 3.8) is 0 Å². The molecule has 1 aliphatic heterocycles. The fourth-order valence-corrected chi connectivity index (χ4v) is 5.93. The van der Waals surface area contributed by atoms with Crippen molar-refractivity contribution in [1.82, 2.24) is 19.5 Å². The van der Waals surface area contributed by atoms with Gasteiger partial charge in [-0.15, -0.1) is 0 Å². The normalized spacial score (nSPS) is 22.4. The van der Waals surface area contributed by atoms with E-state index in [0.717, 1.165) is 24.8 Å². The van der Waals surface area contributed by atoms with Gasteiger partial charge in [0.15, 0.2) is 5.65 Å². The van der Waals surface area contributed by atoms with Crippen molar-refractivity contribution in [3.05, 3.63) is 88.5 Å². The fraction of sp³-hybridized carbons (Fsp3) is 0.333. The molecule has 2 fully saturated rings. The van der Waals surface area contributed by atoms with E-state index in [-0.39, 0.29) is 17.9 Å². The predicted octanol–water partition coefficient (Wildman–Crippen LogP) is 5.36. The maximum atomic E-state index is 15.2. The van der Waals surface area contributed by atoms with Crippen molar-refractivity contribution in [3.8, 4) is 11.3 Å². The molecule has 0 unspecified atom stereocenters. The quantitative estimate of drug-likeness (QED) is 0.391. The number of fused-ring (bicyclic) bond motifs is 2. The molecule has 0 bridgehead atoms. The van der Waals surface area contributed by atoms with Crippen LogP contribution in [0.2, 0.25) is 0 Å². The van der Waals surface area contributed by atoms with Crippen LogP contribution in [0.25, 0.3) is 16.9 Å². The van der Waals surface area contributed by atoms with Crippen LogP contribution in [-0.4, -0.2) is 43.0 Å². The van der Waals surface area contributed by atoms with Gasteiger partial charge in [-0.05, 0) is 79.3 Å². The van der Waals surface area contributed by atoms with Crippen molar-refractivity contribution < 1.29 is 19.1 Å². The Hall–Kier alpha value is -4.07. The molecule has 1 N–H and O–H groups in total. The van der Waals surface area contributed by atoms with E-state index >= 15 is 4.39 Å². The van der Waals surface area contributed by atoms with Crippen LogP contribution >= 0.6 is 0 Å². The summed E-state index contributed by atoms with van der Waals surface area (Å²) in [5.74, 6) is -1.65. The highest BCUT2D eigenvalue weighted by molar-refractivity contribution is 5.93. The molecule has 8 heteroatoms. The Morgan fingerprint density at radius 3 is 2.63 bits per heavy atom. The van der Waals surface area contributed by atoms with Crippen LogP contribution in [0.1, 0.15) is 76.8 Å². The van der Waals surface area contributed by atoms with E-state index in [1.807, 2.05) is 23.1 Å². The monoisotopic (exact) mass is 510 g/mol. The Balaban J connectivity index is 1.23. The van der Waals surface area contributed by atoms with Gasteiger partial charge in [-0.2, -0.15) is 5.10 Å². The van der Waals surface area contributed by atoms with Crippen molar-refractivity contribution in [2.75, 3.05) is 6.54 Å². The zero-order chi connectivity index (χ0) is 26.1. The lowest BCUT2D eigenvalue weighted by molar-refractivity contribution is -0.138. The minimum atomic E-state index is -0.841. The summed E-state index contributed by atoms with van der Waals surface area (Å²) in [6.45, 7) is 2.68. The number of halogens is 1. The number of nitrogens with zero attached hydrogens (tertiary/aromatic N) is 4. The molecule has 4 aromatic rings. The lowest BCUT2D eigenvalue weighted by Crippen LogP contribution is -2.39. The standard InChI is InChI=1S/C30H27FN4O3/c1-16-20-5-3-2-4-17(20)10-11-34(16)29(36)26-14-23(18-6-7-18)28-32-27(15-35(28)33-26)21-9-8-19(12-25(21)31)22-13-24(22)30(37)38/h2-5,8-9,12,14-16,18,22,24H,6-7,10-11,13H2,1H3,(H,37,38)/t16-,22-,24+/m1/s1. The third-order valence-corrected chi connectivity index (χ3v) is 8.35. The first kappa shape index (κ1) is 23.1. The van der Waals surface area contributed by atoms with Crippen LogP contribution in [0, 0.1) is 11.7 Å². The lowest BCUT2D eigenvalue weighted by atomic mass is 9.93. The molecular weight excluding hydrogens is 483 g/mol. The SMILES string of the molecule is C[C@@H]1c2ccccc2CCN1C(=O)c1cc(C2CC2)c2nc(-c3ccc([C@H]4C[C@@H]4C(=O)O)cc3F)cn2n1. The predicted molar refractivity (Wildman–Crippen MR) is 138 cm³/mol. The van der Waals surface area contributed by atoms with E-state index in [2.05, 4.69) is 24.2 Å². The third kappa shape index (κ3) is 3.78.